The first-order valence-electron chi connectivity index (χ1n) is 4.53. The average Bonchev–Trinajstić information content (AvgIpc) is 2.47. The highest BCUT2D eigenvalue weighted by Crippen LogP contribution is 2.23. The third-order valence-corrected chi connectivity index (χ3v) is 2.50. The van der Waals surface area contributed by atoms with E-state index in [2.05, 4.69) is 12.6 Å². The van der Waals surface area contributed by atoms with E-state index in [0.29, 0.717) is 18.6 Å². The van der Waals surface area contributed by atoms with E-state index in [1.54, 1.807) is 0 Å². The molecule has 2 rings (SSSR count). The Hall–Kier alpha value is -1.37. The van der Waals surface area contributed by atoms with E-state index < -0.39 is 0 Å². The van der Waals surface area contributed by atoms with Crippen LogP contribution in [0.25, 0.3) is 0 Å². The lowest BCUT2D eigenvalue weighted by molar-refractivity contribution is -0.117. The largest absolute Gasteiger partial charge is 0.299 e. The molecule has 0 aliphatic heterocycles. The topological polar surface area (TPSA) is 17.1 Å². The van der Waals surface area contributed by atoms with E-state index in [4.69, 9.17) is 0 Å². The lowest BCUT2D eigenvalue weighted by Gasteiger charge is -2.03. The van der Waals surface area contributed by atoms with Crippen LogP contribution in [0.5, 0.6) is 0 Å². The summed E-state index contributed by atoms with van der Waals surface area (Å²) in [5.41, 5.74) is 3.72. The molecule has 0 radical (unpaired) electrons. The van der Waals surface area contributed by atoms with Gasteiger partial charge in [-0.15, -0.1) is 6.58 Å². The Morgan fingerprint density at radius 2 is 2.23 bits per heavy atom. The summed E-state index contributed by atoms with van der Waals surface area (Å²) in [5.74, 6) is 0.339. The monoisotopic (exact) mass is 172 g/mol. The minimum Gasteiger partial charge on any atom is -0.299 e. The van der Waals surface area contributed by atoms with Gasteiger partial charge in [-0.1, -0.05) is 24.3 Å². The normalized spacial score (nSPS) is 14.3. The lowest BCUT2D eigenvalue weighted by Crippen LogP contribution is -1.94. The van der Waals surface area contributed by atoms with Gasteiger partial charge in [-0.25, -0.2) is 0 Å². The summed E-state index contributed by atoms with van der Waals surface area (Å²) < 4.78 is 0. The van der Waals surface area contributed by atoms with Crippen molar-refractivity contribution in [2.24, 2.45) is 0 Å². The molecular weight excluding hydrogens is 160 g/mol. The van der Waals surface area contributed by atoms with Gasteiger partial charge >= 0.3 is 0 Å². The Morgan fingerprint density at radius 3 is 3.00 bits per heavy atom. The lowest BCUT2D eigenvalue weighted by atomic mass is 10.0. The minimum atomic E-state index is 0.339. The second kappa shape index (κ2) is 3.17. The van der Waals surface area contributed by atoms with Gasteiger partial charge in [0.1, 0.15) is 5.78 Å². The second-order valence-electron chi connectivity index (χ2n) is 3.44. The van der Waals surface area contributed by atoms with Gasteiger partial charge in [-0.3, -0.25) is 4.79 Å². The number of carbonyl (C=O) groups excluding carboxylic acids is 1. The van der Waals surface area contributed by atoms with Gasteiger partial charge in [-0.2, -0.15) is 0 Å². The van der Waals surface area contributed by atoms with Crippen LogP contribution in [0.15, 0.2) is 30.9 Å². The number of carbonyl (C=O) groups is 1. The molecule has 1 heteroatoms. The third kappa shape index (κ3) is 1.42. The van der Waals surface area contributed by atoms with E-state index in [0.717, 1.165) is 6.42 Å². The van der Waals surface area contributed by atoms with Crippen LogP contribution < -0.4 is 0 Å². The van der Waals surface area contributed by atoms with Crippen molar-refractivity contribution in [3.8, 4) is 0 Å². The molecule has 0 aromatic heterocycles. The van der Waals surface area contributed by atoms with Crippen molar-refractivity contribution in [2.45, 2.75) is 19.3 Å². The first kappa shape index (κ1) is 8.24. The van der Waals surface area contributed by atoms with E-state index in [9.17, 15) is 4.79 Å². The summed E-state index contributed by atoms with van der Waals surface area (Å²) in [6.07, 6.45) is 4.01. The molecular formula is C12H12O. The maximum absolute atomic E-state index is 11.2. The van der Waals surface area contributed by atoms with Crippen molar-refractivity contribution in [1.29, 1.82) is 0 Å². The number of fused-ring (bicyclic) bond motifs is 1. The molecule has 66 valence electrons. The fourth-order valence-corrected chi connectivity index (χ4v) is 1.90. The van der Waals surface area contributed by atoms with Crippen LogP contribution >= 0.6 is 0 Å². The molecule has 0 saturated heterocycles. The molecule has 0 amide bonds. The highest BCUT2D eigenvalue weighted by Gasteiger charge is 2.19. The third-order valence-electron chi connectivity index (χ3n) is 2.50. The highest BCUT2D eigenvalue weighted by molar-refractivity contribution is 5.88. The van der Waals surface area contributed by atoms with Crippen molar-refractivity contribution < 1.29 is 4.79 Å². The summed E-state index contributed by atoms with van der Waals surface area (Å²) in [5, 5.41) is 0. The van der Waals surface area contributed by atoms with Gasteiger partial charge in [0, 0.05) is 12.8 Å². The fourth-order valence-electron chi connectivity index (χ4n) is 1.90. The molecule has 1 aliphatic rings. The van der Waals surface area contributed by atoms with Gasteiger partial charge in [0.25, 0.3) is 0 Å². The van der Waals surface area contributed by atoms with Crippen LogP contribution in [-0.2, 0) is 24.1 Å². The van der Waals surface area contributed by atoms with E-state index in [1.807, 2.05) is 18.2 Å². The van der Waals surface area contributed by atoms with E-state index >= 15 is 0 Å². The number of ketones is 1. The Bertz CT molecular complexity index is 363. The van der Waals surface area contributed by atoms with Crippen molar-refractivity contribution >= 4 is 5.78 Å². The zero-order valence-corrected chi connectivity index (χ0v) is 7.55. The summed E-state index contributed by atoms with van der Waals surface area (Å²) in [6, 6.07) is 6.15. The molecule has 1 nitrogen and oxygen atoms in total. The molecule has 0 fully saturated rings. The Kier molecular flexibility index (Phi) is 2.01. The van der Waals surface area contributed by atoms with Gasteiger partial charge in [-0.05, 0) is 23.1 Å². The quantitative estimate of drug-likeness (QED) is 0.624. The summed E-state index contributed by atoms with van der Waals surface area (Å²) in [4.78, 5) is 11.2. The molecule has 1 aromatic rings. The maximum atomic E-state index is 11.2. The summed E-state index contributed by atoms with van der Waals surface area (Å²) in [6.45, 7) is 3.72. The number of allylic oxidation sites excluding steroid dienone is 1. The number of hydrogen-bond acceptors (Lipinski definition) is 1. The minimum absolute atomic E-state index is 0.339. The van der Waals surface area contributed by atoms with Gasteiger partial charge in [0.2, 0.25) is 0 Å². The zero-order valence-electron chi connectivity index (χ0n) is 7.55. The van der Waals surface area contributed by atoms with Gasteiger partial charge in [0.15, 0.2) is 0 Å². The average molecular weight is 172 g/mol. The van der Waals surface area contributed by atoms with Crippen LogP contribution in [0.1, 0.15) is 16.7 Å². The Balaban J connectivity index is 2.44. The molecule has 1 aliphatic carbocycles. The first-order valence-corrected chi connectivity index (χ1v) is 4.53. The van der Waals surface area contributed by atoms with Crippen molar-refractivity contribution in [2.75, 3.05) is 0 Å². The number of benzene rings is 1. The molecule has 0 bridgehead atoms. The number of Topliss-reactive ketones (excluding diaryl/α,β-unsaturated/α-hetero) is 1. The van der Waals surface area contributed by atoms with Crippen molar-refractivity contribution in [3.05, 3.63) is 47.5 Å². The van der Waals surface area contributed by atoms with Gasteiger partial charge < -0.3 is 0 Å². The van der Waals surface area contributed by atoms with Crippen molar-refractivity contribution in [3.63, 3.8) is 0 Å². The molecule has 0 atom stereocenters. The van der Waals surface area contributed by atoms with Crippen LogP contribution in [0.2, 0.25) is 0 Å². The SMILES string of the molecule is C=CCc1cccc2c1CC(=O)C2. The van der Waals surface area contributed by atoms with Crippen LogP contribution in [-0.4, -0.2) is 5.78 Å². The van der Waals surface area contributed by atoms with E-state index in [-0.39, 0.29) is 0 Å². The molecule has 0 unspecified atom stereocenters. The van der Waals surface area contributed by atoms with Crippen LogP contribution in [0.3, 0.4) is 0 Å². The number of rotatable bonds is 2. The standard InChI is InChI=1S/C12H12O/c1-2-4-9-5-3-6-10-7-11(13)8-12(9)10/h2-3,5-6H,1,4,7-8H2. The first-order chi connectivity index (χ1) is 6.31. The van der Waals surface area contributed by atoms with Crippen molar-refractivity contribution in [1.82, 2.24) is 0 Å². The molecule has 0 N–H and O–H groups in total. The van der Waals surface area contributed by atoms with Gasteiger partial charge in [0.05, 0.1) is 0 Å². The predicted octanol–water partition coefficient (Wildman–Crippen LogP) is 2.08. The molecule has 1 aromatic carbocycles. The summed E-state index contributed by atoms with van der Waals surface area (Å²) in [7, 11) is 0. The zero-order chi connectivity index (χ0) is 9.26. The maximum Gasteiger partial charge on any atom is 0.141 e. The predicted molar refractivity (Wildman–Crippen MR) is 52.8 cm³/mol. The highest BCUT2D eigenvalue weighted by atomic mass is 16.1. The molecule has 0 spiro atoms. The van der Waals surface area contributed by atoms with E-state index in [1.165, 1.54) is 16.7 Å². The second-order valence-corrected chi connectivity index (χ2v) is 3.44. The molecule has 13 heavy (non-hydrogen) atoms. The Labute approximate surface area is 78.1 Å². The Morgan fingerprint density at radius 1 is 1.38 bits per heavy atom. The smallest absolute Gasteiger partial charge is 0.141 e. The van der Waals surface area contributed by atoms with Crippen LogP contribution in [0, 0.1) is 0 Å². The molecule has 0 heterocycles. The van der Waals surface area contributed by atoms with Crippen LogP contribution in [0.4, 0.5) is 0 Å². The molecule has 0 saturated carbocycles. The fraction of sp³-hybridized carbons (Fsp3) is 0.250. The number of hydrogen-bond donors (Lipinski definition) is 0. The summed E-state index contributed by atoms with van der Waals surface area (Å²) >= 11 is 0.